The second-order valence-electron chi connectivity index (χ2n) is 2.22. The zero-order valence-electron chi connectivity index (χ0n) is 6.34. The van der Waals surface area contributed by atoms with E-state index in [-0.39, 0.29) is 5.15 Å². The highest BCUT2D eigenvalue weighted by atomic mass is 35.5. The van der Waals surface area contributed by atoms with Gasteiger partial charge in [0.1, 0.15) is 0 Å². The number of anilines is 1. The highest BCUT2D eigenvalue weighted by Gasteiger charge is 2.06. The molecule has 0 unspecified atom stereocenters. The zero-order valence-corrected chi connectivity index (χ0v) is 7.09. The van der Waals surface area contributed by atoms with Gasteiger partial charge in [0.15, 0.2) is 5.15 Å². The van der Waals surface area contributed by atoms with Crippen LogP contribution in [0.25, 0.3) is 0 Å². The van der Waals surface area contributed by atoms with Crippen LogP contribution in [-0.4, -0.2) is 16.2 Å². The van der Waals surface area contributed by atoms with Crippen LogP contribution in [0.4, 0.5) is 10.5 Å². The third kappa shape index (κ3) is 1.85. The highest BCUT2D eigenvalue weighted by molar-refractivity contribution is 6.32. The lowest BCUT2D eigenvalue weighted by Gasteiger charge is -2.05. The maximum Gasteiger partial charge on any atom is 0.409 e. The van der Waals surface area contributed by atoms with Crippen LogP contribution >= 0.6 is 11.6 Å². The Balaban J connectivity index is 3.04. The lowest BCUT2D eigenvalue weighted by atomic mass is 10.2. The number of hydrogen-bond acceptors (Lipinski definition) is 2. The lowest BCUT2D eigenvalue weighted by Crippen LogP contribution is -2.09. The van der Waals surface area contributed by atoms with Gasteiger partial charge in [-0.25, -0.2) is 9.78 Å². The van der Waals surface area contributed by atoms with E-state index in [0.29, 0.717) is 5.69 Å². The molecule has 0 atom stereocenters. The molecule has 0 radical (unpaired) electrons. The second kappa shape index (κ2) is 3.40. The molecule has 0 aliphatic rings. The van der Waals surface area contributed by atoms with Crippen LogP contribution in [-0.2, 0) is 0 Å². The van der Waals surface area contributed by atoms with E-state index in [4.69, 9.17) is 16.7 Å². The van der Waals surface area contributed by atoms with Crippen LogP contribution in [0.3, 0.4) is 0 Å². The molecule has 2 N–H and O–H groups in total. The minimum absolute atomic E-state index is 0.164. The van der Waals surface area contributed by atoms with Crippen LogP contribution in [0.5, 0.6) is 0 Å². The van der Waals surface area contributed by atoms with Crippen LogP contribution in [0.1, 0.15) is 5.56 Å². The number of aryl methyl sites for hydroxylation is 1. The molecule has 1 rings (SSSR count). The van der Waals surface area contributed by atoms with Crippen LogP contribution in [0, 0.1) is 6.92 Å². The van der Waals surface area contributed by atoms with Gasteiger partial charge in [-0.2, -0.15) is 0 Å². The average Bonchev–Trinajstić information content (AvgIpc) is 1.97. The third-order valence-electron chi connectivity index (χ3n) is 1.34. The number of hydrogen-bond donors (Lipinski definition) is 2. The molecule has 0 aromatic carbocycles. The van der Waals surface area contributed by atoms with Crippen molar-refractivity contribution in [1.29, 1.82) is 0 Å². The monoisotopic (exact) mass is 186 g/mol. The molecule has 0 aliphatic heterocycles. The predicted molar refractivity (Wildman–Crippen MR) is 45.6 cm³/mol. The van der Waals surface area contributed by atoms with E-state index in [1.807, 2.05) is 0 Å². The minimum Gasteiger partial charge on any atom is -0.465 e. The van der Waals surface area contributed by atoms with Gasteiger partial charge in [-0.3, -0.25) is 5.32 Å². The maximum absolute atomic E-state index is 10.3. The molecule has 0 spiro atoms. The largest absolute Gasteiger partial charge is 0.465 e. The van der Waals surface area contributed by atoms with E-state index < -0.39 is 6.09 Å². The Kier molecular flexibility index (Phi) is 2.50. The van der Waals surface area contributed by atoms with E-state index in [1.54, 1.807) is 13.0 Å². The summed E-state index contributed by atoms with van der Waals surface area (Å²) in [7, 11) is 0. The summed E-state index contributed by atoms with van der Waals surface area (Å²) >= 11 is 5.64. The molecule has 0 fully saturated rings. The Morgan fingerprint density at radius 3 is 2.92 bits per heavy atom. The van der Waals surface area contributed by atoms with Crippen LogP contribution < -0.4 is 5.32 Å². The molecule has 1 heterocycles. The number of nitrogens with zero attached hydrogens (tertiary/aromatic N) is 1. The maximum atomic E-state index is 10.3. The Morgan fingerprint density at radius 1 is 1.75 bits per heavy atom. The number of nitrogens with one attached hydrogen (secondary N) is 1. The van der Waals surface area contributed by atoms with Crippen molar-refractivity contribution in [2.75, 3.05) is 5.32 Å². The lowest BCUT2D eigenvalue weighted by molar-refractivity contribution is 0.209. The molecular formula is C7H7ClN2O2. The number of carboxylic acid groups (broad SMARTS) is 1. The summed E-state index contributed by atoms with van der Waals surface area (Å²) in [4.78, 5) is 14.0. The van der Waals surface area contributed by atoms with Crippen LogP contribution in [0.15, 0.2) is 12.3 Å². The fourth-order valence-corrected chi connectivity index (χ4v) is 1.03. The molecule has 1 aromatic heterocycles. The number of rotatable bonds is 1. The van der Waals surface area contributed by atoms with Crippen molar-refractivity contribution in [3.8, 4) is 0 Å². The number of pyridine rings is 1. The molecule has 5 heteroatoms. The van der Waals surface area contributed by atoms with Crippen LogP contribution in [0.2, 0.25) is 5.15 Å². The summed E-state index contributed by atoms with van der Waals surface area (Å²) in [6.45, 7) is 1.75. The summed E-state index contributed by atoms with van der Waals surface area (Å²) in [5, 5.41) is 10.7. The van der Waals surface area contributed by atoms with Gasteiger partial charge in [0.2, 0.25) is 0 Å². The summed E-state index contributed by atoms with van der Waals surface area (Å²) in [5.41, 5.74) is 1.09. The van der Waals surface area contributed by atoms with E-state index in [1.165, 1.54) is 6.20 Å². The molecule has 0 saturated carbocycles. The van der Waals surface area contributed by atoms with Gasteiger partial charge in [0.25, 0.3) is 0 Å². The van der Waals surface area contributed by atoms with Gasteiger partial charge >= 0.3 is 6.09 Å². The van der Waals surface area contributed by atoms with Gasteiger partial charge in [-0.15, -0.1) is 0 Å². The normalized spacial score (nSPS) is 9.50. The van der Waals surface area contributed by atoms with E-state index >= 15 is 0 Å². The average molecular weight is 187 g/mol. The Morgan fingerprint density at radius 2 is 2.42 bits per heavy atom. The second-order valence-corrected chi connectivity index (χ2v) is 2.58. The molecule has 4 nitrogen and oxygen atoms in total. The number of amides is 1. The summed E-state index contributed by atoms with van der Waals surface area (Å²) in [6.07, 6.45) is 0.373. The van der Waals surface area contributed by atoms with Crippen molar-refractivity contribution in [2.45, 2.75) is 6.92 Å². The predicted octanol–water partition coefficient (Wildman–Crippen LogP) is 2.13. The third-order valence-corrected chi connectivity index (χ3v) is 1.63. The quantitative estimate of drug-likeness (QED) is 0.661. The first-order valence-corrected chi connectivity index (χ1v) is 3.60. The fraction of sp³-hybridized carbons (Fsp3) is 0.143. The van der Waals surface area contributed by atoms with E-state index in [9.17, 15) is 4.79 Å². The molecule has 64 valence electrons. The molecule has 12 heavy (non-hydrogen) atoms. The summed E-state index contributed by atoms with van der Waals surface area (Å²) in [6, 6.07) is 1.68. The molecular weight excluding hydrogens is 180 g/mol. The van der Waals surface area contributed by atoms with Gasteiger partial charge in [-0.05, 0) is 18.6 Å². The number of carbonyl (C=O) groups is 1. The topological polar surface area (TPSA) is 62.2 Å². The first-order chi connectivity index (χ1) is 5.61. The van der Waals surface area contributed by atoms with Gasteiger partial charge < -0.3 is 5.11 Å². The molecule has 0 bridgehead atoms. The Bertz CT molecular complexity index is 294. The van der Waals surface area contributed by atoms with Gasteiger partial charge in [0, 0.05) is 6.20 Å². The van der Waals surface area contributed by atoms with Gasteiger partial charge in [0.05, 0.1) is 5.69 Å². The van der Waals surface area contributed by atoms with Crippen molar-refractivity contribution >= 4 is 23.4 Å². The summed E-state index contributed by atoms with van der Waals surface area (Å²) in [5.74, 6) is 0. The van der Waals surface area contributed by atoms with Crippen molar-refractivity contribution < 1.29 is 9.90 Å². The number of halogens is 1. The van der Waals surface area contributed by atoms with Crippen molar-refractivity contribution in [3.63, 3.8) is 0 Å². The van der Waals surface area contributed by atoms with Crippen molar-refractivity contribution in [3.05, 3.63) is 23.0 Å². The molecule has 0 saturated heterocycles. The van der Waals surface area contributed by atoms with Gasteiger partial charge in [-0.1, -0.05) is 11.6 Å². The molecule has 1 amide bonds. The zero-order chi connectivity index (χ0) is 9.14. The minimum atomic E-state index is -1.15. The first-order valence-electron chi connectivity index (χ1n) is 3.22. The van der Waals surface area contributed by atoms with Crippen molar-refractivity contribution in [2.24, 2.45) is 0 Å². The fourth-order valence-electron chi connectivity index (χ4n) is 0.782. The Hall–Kier alpha value is -1.29. The van der Waals surface area contributed by atoms with Crippen molar-refractivity contribution in [1.82, 2.24) is 4.98 Å². The highest BCUT2D eigenvalue weighted by Crippen LogP contribution is 2.22. The number of aromatic nitrogens is 1. The summed E-state index contributed by atoms with van der Waals surface area (Å²) < 4.78 is 0. The smallest absolute Gasteiger partial charge is 0.409 e. The molecule has 0 aliphatic carbocycles. The standard InChI is InChI=1S/C7H7ClN2O2/c1-4-2-3-9-6(8)5(4)10-7(11)12/h2-3,10H,1H3,(H,11,12). The Labute approximate surface area is 74.2 Å². The first kappa shape index (κ1) is 8.80. The van der Waals surface area contributed by atoms with E-state index in [2.05, 4.69) is 10.3 Å². The SMILES string of the molecule is Cc1ccnc(Cl)c1NC(=O)O. The van der Waals surface area contributed by atoms with E-state index in [0.717, 1.165) is 5.56 Å². The molecule has 1 aromatic rings.